The second kappa shape index (κ2) is 8.74. The first-order valence-corrected chi connectivity index (χ1v) is 6.95. The molecule has 0 aromatic rings. The van der Waals surface area contributed by atoms with Crippen LogP contribution in [0.4, 0.5) is 4.79 Å². The third-order valence-corrected chi connectivity index (χ3v) is 3.15. The Morgan fingerprint density at radius 2 is 2.11 bits per heavy atom. The minimum absolute atomic E-state index is 0.163. The minimum Gasteiger partial charge on any atom is -0.481 e. The molecule has 0 saturated heterocycles. The molecule has 0 radical (unpaired) electrons. The number of aliphatic carboxylic acids is 1. The van der Waals surface area contributed by atoms with Gasteiger partial charge in [-0.05, 0) is 31.6 Å². The molecule has 1 aliphatic carbocycles. The van der Waals surface area contributed by atoms with Crippen molar-refractivity contribution in [1.82, 2.24) is 10.6 Å². The topological polar surface area (TPSA) is 87.7 Å². The van der Waals surface area contributed by atoms with Crippen molar-refractivity contribution >= 4 is 12.0 Å². The van der Waals surface area contributed by atoms with E-state index in [-0.39, 0.29) is 12.6 Å². The van der Waals surface area contributed by atoms with E-state index < -0.39 is 11.9 Å². The van der Waals surface area contributed by atoms with Crippen LogP contribution in [-0.2, 0) is 9.53 Å². The third kappa shape index (κ3) is 7.66. The first-order chi connectivity index (χ1) is 9.13. The molecule has 19 heavy (non-hydrogen) atoms. The van der Waals surface area contributed by atoms with Crippen molar-refractivity contribution in [2.45, 2.75) is 32.6 Å². The van der Waals surface area contributed by atoms with E-state index >= 15 is 0 Å². The molecule has 1 saturated carbocycles. The minimum atomic E-state index is -0.878. The molecule has 0 aromatic heterocycles. The molecule has 1 atom stereocenters. The lowest BCUT2D eigenvalue weighted by atomic mass is 10.1. The lowest BCUT2D eigenvalue weighted by molar-refractivity contribution is -0.141. The number of urea groups is 1. The average Bonchev–Trinajstić information content (AvgIpc) is 3.18. The molecule has 0 aliphatic heterocycles. The lowest BCUT2D eigenvalue weighted by Gasteiger charge is -2.12. The summed E-state index contributed by atoms with van der Waals surface area (Å²) < 4.78 is 5.44. The standard InChI is InChI=1S/C13H24N2O4/c1-2-11(12(16)17)8-15-13(18)14-6-3-7-19-9-10-4-5-10/h10-11H,2-9H2,1H3,(H,16,17)(H2,14,15,18). The molecular formula is C13H24N2O4. The van der Waals surface area contributed by atoms with Crippen molar-refractivity contribution < 1.29 is 19.4 Å². The number of carboxylic acids is 1. The van der Waals surface area contributed by atoms with Gasteiger partial charge in [0.25, 0.3) is 0 Å². The van der Waals surface area contributed by atoms with E-state index in [0.717, 1.165) is 18.9 Å². The number of nitrogens with one attached hydrogen (secondary N) is 2. The molecule has 0 bridgehead atoms. The summed E-state index contributed by atoms with van der Waals surface area (Å²) in [5.74, 6) is -0.637. The van der Waals surface area contributed by atoms with E-state index in [1.54, 1.807) is 6.92 Å². The Morgan fingerprint density at radius 3 is 2.68 bits per heavy atom. The van der Waals surface area contributed by atoms with Gasteiger partial charge in [-0.1, -0.05) is 6.92 Å². The summed E-state index contributed by atoms with van der Waals surface area (Å²) in [7, 11) is 0. The van der Waals surface area contributed by atoms with E-state index in [2.05, 4.69) is 10.6 Å². The number of ether oxygens (including phenoxy) is 1. The summed E-state index contributed by atoms with van der Waals surface area (Å²) in [6.07, 6.45) is 3.84. The van der Waals surface area contributed by atoms with Crippen molar-refractivity contribution in [2.24, 2.45) is 11.8 Å². The average molecular weight is 272 g/mol. The zero-order valence-electron chi connectivity index (χ0n) is 11.5. The van der Waals surface area contributed by atoms with Gasteiger partial charge in [0.2, 0.25) is 0 Å². The predicted octanol–water partition coefficient (Wildman–Crippen LogP) is 1.21. The SMILES string of the molecule is CCC(CNC(=O)NCCCOCC1CC1)C(=O)O. The van der Waals surface area contributed by atoms with Crippen LogP contribution in [0.15, 0.2) is 0 Å². The summed E-state index contributed by atoms with van der Waals surface area (Å²) >= 11 is 0. The summed E-state index contributed by atoms with van der Waals surface area (Å²) in [6.45, 7) is 3.98. The fourth-order valence-corrected chi connectivity index (χ4v) is 1.60. The van der Waals surface area contributed by atoms with Gasteiger partial charge in [0, 0.05) is 26.3 Å². The maximum Gasteiger partial charge on any atom is 0.314 e. The highest BCUT2D eigenvalue weighted by Crippen LogP contribution is 2.28. The van der Waals surface area contributed by atoms with Gasteiger partial charge in [0.15, 0.2) is 0 Å². The highest BCUT2D eigenvalue weighted by molar-refractivity contribution is 5.75. The van der Waals surface area contributed by atoms with Crippen LogP contribution in [0.2, 0.25) is 0 Å². The Morgan fingerprint density at radius 1 is 1.37 bits per heavy atom. The Hall–Kier alpha value is -1.30. The molecule has 0 heterocycles. The number of rotatable bonds is 10. The van der Waals surface area contributed by atoms with Gasteiger partial charge in [0.1, 0.15) is 0 Å². The smallest absolute Gasteiger partial charge is 0.314 e. The van der Waals surface area contributed by atoms with Crippen molar-refractivity contribution in [3.8, 4) is 0 Å². The predicted molar refractivity (Wildman–Crippen MR) is 71.0 cm³/mol. The van der Waals surface area contributed by atoms with Gasteiger partial charge in [-0.2, -0.15) is 0 Å². The maximum absolute atomic E-state index is 11.4. The van der Waals surface area contributed by atoms with Crippen molar-refractivity contribution in [3.05, 3.63) is 0 Å². The molecule has 1 aliphatic rings. The molecule has 0 spiro atoms. The normalized spacial score (nSPS) is 15.8. The monoisotopic (exact) mass is 272 g/mol. The van der Waals surface area contributed by atoms with Crippen LogP contribution in [-0.4, -0.2) is 43.4 Å². The largest absolute Gasteiger partial charge is 0.481 e. The fraction of sp³-hybridized carbons (Fsp3) is 0.846. The van der Waals surface area contributed by atoms with Crippen molar-refractivity contribution in [2.75, 3.05) is 26.3 Å². The molecule has 110 valence electrons. The van der Waals surface area contributed by atoms with Gasteiger partial charge in [-0.15, -0.1) is 0 Å². The molecule has 3 N–H and O–H groups in total. The molecule has 1 unspecified atom stereocenters. The van der Waals surface area contributed by atoms with E-state index in [1.807, 2.05) is 0 Å². The quantitative estimate of drug-likeness (QED) is 0.522. The summed E-state index contributed by atoms with van der Waals surface area (Å²) in [5.41, 5.74) is 0. The highest BCUT2D eigenvalue weighted by atomic mass is 16.5. The van der Waals surface area contributed by atoms with Crippen LogP contribution in [0, 0.1) is 11.8 Å². The van der Waals surface area contributed by atoms with E-state index in [4.69, 9.17) is 9.84 Å². The molecule has 1 fully saturated rings. The molecule has 2 amide bonds. The third-order valence-electron chi connectivity index (χ3n) is 3.15. The Bertz CT molecular complexity index is 292. The fourth-order valence-electron chi connectivity index (χ4n) is 1.60. The summed E-state index contributed by atoms with van der Waals surface area (Å²) in [4.78, 5) is 22.1. The second-order valence-corrected chi connectivity index (χ2v) is 4.95. The number of carboxylic acid groups (broad SMARTS) is 1. The number of carbonyl (C=O) groups excluding carboxylic acids is 1. The molecule has 0 aromatic carbocycles. The lowest BCUT2D eigenvalue weighted by Crippen LogP contribution is -2.40. The van der Waals surface area contributed by atoms with Gasteiger partial charge >= 0.3 is 12.0 Å². The van der Waals surface area contributed by atoms with Gasteiger partial charge < -0.3 is 20.5 Å². The Labute approximate surface area is 113 Å². The van der Waals surface area contributed by atoms with Gasteiger partial charge in [-0.25, -0.2) is 4.79 Å². The number of amides is 2. The van der Waals surface area contributed by atoms with Crippen LogP contribution < -0.4 is 10.6 Å². The van der Waals surface area contributed by atoms with Crippen LogP contribution in [0.5, 0.6) is 0 Å². The summed E-state index contributed by atoms with van der Waals surface area (Å²) in [5, 5.41) is 14.1. The Balaban J connectivity index is 1.92. The van der Waals surface area contributed by atoms with Gasteiger partial charge in [0.05, 0.1) is 5.92 Å². The van der Waals surface area contributed by atoms with E-state index in [0.29, 0.717) is 19.6 Å². The summed E-state index contributed by atoms with van der Waals surface area (Å²) in [6, 6.07) is -0.318. The molecule has 1 rings (SSSR count). The number of hydrogen-bond donors (Lipinski definition) is 3. The maximum atomic E-state index is 11.4. The van der Waals surface area contributed by atoms with Gasteiger partial charge in [-0.3, -0.25) is 4.79 Å². The molecule has 6 heteroatoms. The number of carbonyl (C=O) groups is 2. The zero-order chi connectivity index (χ0) is 14.1. The van der Waals surface area contributed by atoms with E-state index in [1.165, 1.54) is 12.8 Å². The Kier molecular flexibility index (Phi) is 7.25. The first kappa shape index (κ1) is 15.8. The van der Waals surface area contributed by atoms with Crippen LogP contribution in [0.25, 0.3) is 0 Å². The van der Waals surface area contributed by atoms with Crippen LogP contribution in [0.1, 0.15) is 32.6 Å². The second-order valence-electron chi connectivity index (χ2n) is 4.95. The van der Waals surface area contributed by atoms with E-state index in [9.17, 15) is 9.59 Å². The zero-order valence-corrected chi connectivity index (χ0v) is 11.5. The van der Waals surface area contributed by atoms with Crippen LogP contribution >= 0.6 is 0 Å². The molecule has 6 nitrogen and oxygen atoms in total. The van der Waals surface area contributed by atoms with Crippen molar-refractivity contribution in [1.29, 1.82) is 0 Å². The first-order valence-electron chi connectivity index (χ1n) is 6.95. The van der Waals surface area contributed by atoms with Crippen molar-refractivity contribution in [3.63, 3.8) is 0 Å². The van der Waals surface area contributed by atoms with Crippen LogP contribution in [0.3, 0.4) is 0 Å². The highest BCUT2D eigenvalue weighted by Gasteiger charge is 2.20. The number of hydrogen-bond acceptors (Lipinski definition) is 3. The molecular weight excluding hydrogens is 248 g/mol.